The van der Waals surface area contributed by atoms with E-state index in [2.05, 4.69) is 10.3 Å². The Kier molecular flexibility index (Phi) is 3.91. The third-order valence-electron chi connectivity index (χ3n) is 3.65. The molecule has 1 aromatic heterocycles. The van der Waals surface area contributed by atoms with Crippen molar-refractivity contribution in [1.29, 1.82) is 5.26 Å². The molecule has 1 fully saturated rings. The molecule has 3 rings (SSSR count). The number of benzene rings is 1. The summed E-state index contributed by atoms with van der Waals surface area (Å²) in [5.41, 5.74) is 0.878. The molecule has 1 unspecified atom stereocenters. The topological polar surface area (TPSA) is 116 Å². The van der Waals surface area contributed by atoms with Gasteiger partial charge in [0, 0.05) is 18.7 Å². The van der Waals surface area contributed by atoms with Crippen molar-refractivity contribution in [3.05, 3.63) is 39.7 Å². The lowest BCUT2D eigenvalue weighted by molar-refractivity contribution is -0.384. The molecule has 0 radical (unpaired) electrons. The van der Waals surface area contributed by atoms with E-state index in [0.717, 1.165) is 12.8 Å². The fraction of sp³-hybridized carbons (Fsp3) is 0.357. The van der Waals surface area contributed by atoms with Gasteiger partial charge in [-0.25, -0.2) is 4.68 Å². The molecule has 2 heterocycles. The normalized spacial score (nSPS) is 17.0. The van der Waals surface area contributed by atoms with Crippen LogP contribution in [0.4, 0.5) is 5.69 Å². The van der Waals surface area contributed by atoms with E-state index in [4.69, 9.17) is 9.47 Å². The zero-order valence-corrected chi connectivity index (χ0v) is 12.3. The van der Waals surface area contributed by atoms with Crippen LogP contribution in [0.25, 0.3) is 5.69 Å². The summed E-state index contributed by atoms with van der Waals surface area (Å²) >= 11 is 0. The van der Waals surface area contributed by atoms with E-state index >= 15 is 0 Å². The molecule has 2 aromatic rings. The fourth-order valence-corrected chi connectivity index (χ4v) is 2.59. The number of methoxy groups -OCH3 is 1. The quantitative estimate of drug-likeness (QED) is 0.624. The molecule has 23 heavy (non-hydrogen) atoms. The predicted octanol–water partition coefficient (Wildman–Crippen LogP) is 1.91. The largest absolute Gasteiger partial charge is 0.494 e. The Bertz CT molecular complexity index is 789. The second kappa shape index (κ2) is 6.02. The summed E-state index contributed by atoms with van der Waals surface area (Å²) in [6, 6.07) is 6.16. The van der Waals surface area contributed by atoms with Crippen LogP contribution in [0.15, 0.2) is 18.2 Å². The molecule has 0 aliphatic carbocycles. The summed E-state index contributed by atoms with van der Waals surface area (Å²) in [5.74, 6) is 0.393. The Balaban J connectivity index is 2.18. The van der Waals surface area contributed by atoms with Gasteiger partial charge < -0.3 is 9.47 Å². The average Bonchev–Trinajstić information content (AvgIpc) is 3.22. The third-order valence-corrected chi connectivity index (χ3v) is 3.65. The first-order valence-corrected chi connectivity index (χ1v) is 6.95. The van der Waals surface area contributed by atoms with Gasteiger partial charge in [-0.2, -0.15) is 5.26 Å². The summed E-state index contributed by atoms with van der Waals surface area (Å²) in [5, 5.41) is 28.1. The first kappa shape index (κ1) is 14.9. The number of hydrogen-bond donors (Lipinski definition) is 0. The minimum absolute atomic E-state index is 0.104. The first-order valence-electron chi connectivity index (χ1n) is 6.95. The van der Waals surface area contributed by atoms with E-state index in [1.54, 1.807) is 0 Å². The summed E-state index contributed by atoms with van der Waals surface area (Å²) in [4.78, 5) is 10.5. The molecule has 9 nitrogen and oxygen atoms in total. The van der Waals surface area contributed by atoms with Crippen molar-refractivity contribution in [2.75, 3.05) is 13.7 Å². The van der Waals surface area contributed by atoms with Crippen LogP contribution in [-0.4, -0.2) is 33.6 Å². The minimum Gasteiger partial charge on any atom is -0.494 e. The van der Waals surface area contributed by atoms with Crippen molar-refractivity contribution in [2.24, 2.45) is 0 Å². The molecule has 9 heteroatoms. The Morgan fingerprint density at radius 2 is 2.39 bits per heavy atom. The zero-order valence-electron chi connectivity index (χ0n) is 12.3. The standard InChI is InChI=1S/C14H13N5O4/c1-22-12-5-4-9(19(20)21)7-11(12)18-14(10(8-15)16-17-18)13-3-2-6-23-13/h4-5,7,13H,2-3,6H2,1H3. The Morgan fingerprint density at radius 3 is 3.00 bits per heavy atom. The van der Waals surface area contributed by atoms with E-state index < -0.39 is 4.92 Å². The summed E-state index contributed by atoms with van der Waals surface area (Å²) in [6.07, 6.45) is 1.29. The number of nitro groups is 1. The van der Waals surface area contributed by atoms with Crippen molar-refractivity contribution in [3.63, 3.8) is 0 Å². The molecule has 0 N–H and O–H groups in total. The van der Waals surface area contributed by atoms with Crippen LogP contribution in [-0.2, 0) is 4.74 Å². The lowest BCUT2D eigenvalue weighted by atomic mass is 10.1. The number of ether oxygens (including phenoxy) is 2. The highest BCUT2D eigenvalue weighted by atomic mass is 16.6. The van der Waals surface area contributed by atoms with Crippen LogP contribution in [0.3, 0.4) is 0 Å². The third kappa shape index (κ3) is 2.60. The van der Waals surface area contributed by atoms with Crippen LogP contribution in [0.1, 0.15) is 30.3 Å². The maximum atomic E-state index is 11.0. The molecular formula is C14H13N5O4. The molecule has 1 atom stereocenters. The minimum atomic E-state index is -0.503. The molecule has 118 valence electrons. The highest BCUT2D eigenvalue weighted by Crippen LogP contribution is 2.34. The summed E-state index contributed by atoms with van der Waals surface area (Å²) in [7, 11) is 1.46. The lowest BCUT2D eigenvalue weighted by Crippen LogP contribution is -2.10. The number of nitriles is 1. The first-order chi connectivity index (χ1) is 11.2. The predicted molar refractivity (Wildman–Crippen MR) is 77.2 cm³/mol. The average molecular weight is 315 g/mol. The van der Waals surface area contributed by atoms with Crippen molar-refractivity contribution in [2.45, 2.75) is 18.9 Å². The molecule has 1 saturated heterocycles. The van der Waals surface area contributed by atoms with Crippen LogP contribution in [0.2, 0.25) is 0 Å². The zero-order chi connectivity index (χ0) is 16.4. The van der Waals surface area contributed by atoms with Gasteiger partial charge in [0.15, 0.2) is 5.69 Å². The van der Waals surface area contributed by atoms with E-state index in [1.807, 2.05) is 6.07 Å². The number of non-ortho nitro benzene ring substituents is 1. The SMILES string of the molecule is COc1ccc([N+](=O)[O-])cc1-n1nnc(C#N)c1C1CCCO1. The number of nitro benzene ring substituents is 1. The van der Waals surface area contributed by atoms with Crippen molar-refractivity contribution >= 4 is 5.69 Å². The molecule has 1 aromatic carbocycles. The van der Waals surface area contributed by atoms with Gasteiger partial charge in [0.2, 0.25) is 0 Å². The van der Waals surface area contributed by atoms with E-state index in [1.165, 1.54) is 30.0 Å². The Hall–Kier alpha value is -2.99. The lowest BCUT2D eigenvalue weighted by Gasteiger charge is -2.14. The second-order valence-electron chi connectivity index (χ2n) is 4.96. The van der Waals surface area contributed by atoms with Gasteiger partial charge in [-0.3, -0.25) is 10.1 Å². The number of aromatic nitrogens is 3. The van der Waals surface area contributed by atoms with Gasteiger partial charge in [-0.15, -0.1) is 5.10 Å². The molecule has 0 amide bonds. The molecule has 0 spiro atoms. The van der Waals surface area contributed by atoms with E-state index in [0.29, 0.717) is 23.7 Å². The van der Waals surface area contributed by atoms with E-state index in [-0.39, 0.29) is 17.5 Å². The highest BCUT2D eigenvalue weighted by Gasteiger charge is 2.29. The second-order valence-corrected chi connectivity index (χ2v) is 4.96. The monoisotopic (exact) mass is 315 g/mol. The van der Waals surface area contributed by atoms with Crippen LogP contribution >= 0.6 is 0 Å². The van der Waals surface area contributed by atoms with Crippen molar-refractivity contribution in [1.82, 2.24) is 15.0 Å². The van der Waals surface area contributed by atoms with Gasteiger partial charge in [0.25, 0.3) is 5.69 Å². The van der Waals surface area contributed by atoms with Crippen molar-refractivity contribution < 1.29 is 14.4 Å². The van der Waals surface area contributed by atoms with Gasteiger partial charge in [-0.1, -0.05) is 5.21 Å². The van der Waals surface area contributed by atoms with Crippen molar-refractivity contribution in [3.8, 4) is 17.5 Å². The van der Waals surface area contributed by atoms with Crippen LogP contribution in [0, 0.1) is 21.4 Å². The van der Waals surface area contributed by atoms with Gasteiger partial charge >= 0.3 is 0 Å². The summed E-state index contributed by atoms with van der Waals surface area (Å²) in [6.45, 7) is 0.590. The smallest absolute Gasteiger partial charge is 0.271 e. The van der Waals surface area contributed by atoms with E-state index in [9.17, 15) is 15.4 Å². The Labute approximate surface area is 131 Å². The van der Waals surface area contributed by atoms with Crippen LogP contribution < -0.4 is 4.74 Å². The molecule has 1 aliphatic rings. The highest BCUT2D eigenvalue weighted by molar-refractivity contribution is 5.54. The maximum absolute atomic E-state index is 11.0. The molecule has 0 saturated carbocycles. The number of hydrogen-bond acceptors (Lipinski definition) is 7. The Morgan fingerprint density at radius 1 is 1.57 bits per heavy atom. The van der Waals surface area contributed by atoms with Gasteiger partial charge in [0.05, 0.1) is 12.0 Å². The van der Waals surface area contributed by atoms with Gasteiger partial charge in [0.1, 0.15) is 29.3 Å². The maximum Gasteiger partial charge on any atom is 0.271 e. The molecular weight excluding hydrogens is 302 g/mol. The number of nitrogens with zero attached hydrogens (tertiary/aromatic N) is 5. The van der Waals surface area contributed by atoms with Crippen LogP contribution in [0.5, 0.6) is 5.75 Å². The fourth-order valence-electron chi connectivity index (χ4n) is 2.59. The summed E-state index contributed by atoms with van der Waals surface area (Å²) < 4.78 is 12.3. The molecule has 1 aliphatic heterocycles. The van der Waals surface area contributed by atoms with Gasteiger partial charge in [-0.05, 0) is 18.9 Å². The molecule has 0 bridgehead atoms. The number of rotatable bonds is 4.